The van der Waals surface area contributed by atoms with Gasteiger partial charge in [0.15, 0.2) is 0 Å². The van der Waals surface area contributed by atoms with Crippen molar-refractivity contribution in [2.75, 3.05) is 20.3 Å². The molecule has 1 amide bonds. The number of nitrogens with one attached hydrogen (secondary N) is 1. The molecular weight excluding hydrogens is 194 g/mol. The number of carbonyl (C=O) groups is 2. The normalized spacial score (nSPS) is 14.4. The van der Waals surface area contributed by atoms with Crippen LogP contribution in [-0.2, 0) is 14.3 Å². The molecule has 0 radical (unpaired) electrons. The van der Waals surface area contributed by atoms with Gasteiger partial charge in [-0.05, 0) is 13.8 Å². The number of ketones is 1. The van der Waals surface area contributed by atoms with Crippen molar-refractivity contribution >= 4 is 11.7 Å². The number of hydrogen-bond donors (Lipinski definition) is 1. The Morgan fingerprint density at radius 1 is 1.33 bits per heavy atom. The number of rotatable bonds is 7. The molecule has 1 atom stereocenters. The lowest BCUT2D eigenvalue weighted by Gasteiger charge is -2.26. The monoisotopic (exact) mass is 215 g/mol. The Kier molecular flexibility index (Phi) is 6.17. The number of methoxy groups -OCH3 is 1. The summed E-state index contributed by atoms with van der Waals surface area (Å²) in [6.07, 6.45) is 0.701. The molecule has 0 saturated heterocycles. The molecule has 0 aliphatic rings. The standard InChI is InChI=1S/C11H21NO3/c1-5-12-10(14)7-11(3,8-15-4)6-9(2)13/h5-8H2,1-4H3,(H,12,14). The zero-order valence-corrected chi connectivity index (χ0v) is 10.1. The first kappa shape index (κ1) is 14.1. The predicted octanol–water partition coefficient (Wildman–Crippen LogP) is 1.14. The summed E-state index contributed by atoms with van der Waals surface area (Å²) in [5.41, 5.74) is -0.389. The summed E-state index contributed by atoms with van der Waals surface area (Å²) >= 11 is 0. The Hall–Kier alpha value is -0.900. The summed E-state index contributed by atoms with van der Waals surface area (Å²) in [5.74, 6) is 0.0529. The maximum Gasteiger partial charge on any atom is 0.220 e. The third kappa shape index (κ3) is 6.23. The average molecular weight is 215 g/mol. The lowest BCUT2D eigenvalue weighted by Crippen LogP contribution is -2.34. The lowest BCUT2D eigenvalue weighted by molar-refractivity contribution is -0.126. The number of hydrogen-bond acceptors (Lipinski definition) is 3. The average Bonchev–Trinajstić information content (AvgIpc) is 2.01. The molecule has 1 unspecified atom stereocenters. The molecule has 0 aliphatic carbocycles. The van der Waals surface area contributed by atoms with E-state index in [1.807, 2.05) is 13.8 Å². The minimum atomic E-state index is -0.389. The van der Waals surface area contributed by atoms with Gasteiger partial charge in [0, 0.05) is 31.9 Å². The lowest BCUT2D eigenvalue weighted by atomic mass is 9.82. The van der Waals surface area contributed by atoms with Gasteiger partial charge in [0.25, 0.3) is 0 Å². The third-order valence-corrected chi connectivity index (χ3v) is 2.13. The van der Waals surface area contributed by atoms with E-state index >= 15 is 0 Å². The molecular formula is C11H21NO3. The SMILES string of the molecule is CCNC(=O)CC(C)(COC)CC(C)=O. The highest BCUT2D eigenvalue weighted by Gasteiger charge is 2.29. The van der Waals surface area contributed by atoms with Crippen molar-refractivity contribution in [1.82, 2.24) is 5.32 Å². The van der Waals surface area contributed by atoms with E-state index in [2.05, 4.69) is 5.32 Å². The number of ether oxygens (including phenoxy) is 1. The van der Waals surface area contributed by atoms with Gasteiger partial charge in [0.1, 0.15) is 5.78 Å². The Bertz CT molecular complexity index is 228. The zero-order valence-electron chi connectivity index (χ0n) is 10.1. The third-order valence-electron chi connectivity index (χ3n) is 2.13. The predicted molar refractivity (Wildman–Crippen MR) is 58.6 cm³/mol. The zero-order chi connectivity index (χ0) is 11.9. The Balaban J connectivity index is 4.35. The second-order valence-electron chi connectivity index (χ2n) is 4.25. The summed E-state index contributed by atoms with van der Waals surface area (Å²) in [6.45, 7) is 6.33. The molecule has 0 fully saturated rings. The molecule has 0 rings (SSSR count). The molecule has 0 spiro atoms. The first-order valence-electron chi connectivity index (χ1n) is 5.18. The van der Waals surface area contributed by atoms with Crippen LogP contribution in [0.25, 0.3) is 0 Å². The van der Waals surface area contributed by atoms with Crippen LogP contribution in [0, 0.1) is 5.41 Å². The second-order valence-corrected chi connectivity index (χ2v) is 4.25. The molecule has 0 bridgehead atoms. The molecule has 0 aromatic heterocycles. The van der Waals surface area contributed by atoms with Gasteiger partial charge >= 0.3 is 0 Å². The van der Waals surface area contributed by atoms with Gasteiger partial charge in [0.05, 0.1) is 6.61 Å². The van der Waals surface area contributed by atoms with E-state index in [1.54, 1.807) is 7.11 Å². The van der Waals surface area contributed by atoms with Crippen molar-refractivity contribution in [3.63, 3.8) is 0 Å². The van der Waals surface area contributed by atoms with E-state index < -0.39 is 0 Å². The number of amides is 1. The van der Waals surface area contributed by atoms with Crippen LogP contribution in [0.4, 0.5) is 0 Å². The highest BCUT2D eigenvalue weighted by Crippen LogP contribution is 2.26. The molecule has 0 heterocycles. The fourth-order valence-corrected chi connectivity index (χ4v) is 1.76. The van der Waals surface area contributed by atoms with Crippen LogP contribution in [0.3, 0.4) is 0 Å². The van der Waals surface area contributed by atoms with Crippen LogP contribution in [0.5, 0.6) is 0 Å². The fourth-order valence-electron chi connectivity index (χ4n) is 1.76. The molecule has 15 heavy (non-hydrogen) atoms. The van der Waals surface area contributed by atoms with Crippen molar-refractivity contribution in [3.8, 4) is 0 Å². The van der Waals surface area contributed by atoms with Crippen LogP contribution in [0.15, 0.2) is 0 Å². The van der Waals surface area contributed by atoms with E-state index in [0.29, 0.717) is 26.0 Å². The summed E-state index contributed by atoms with van der Waals surface area (Å²) < 4.78 is 5.05. The largest absolute Gasteiger partial charge is 0.384 e. The van der Waals surface area contributed by atoms with Crippen molar-refractivity contribution in [2.45, 2.75) is 33.6 Å². The molecule has 0 aromatic rings. The van der Waals surface area contributed by atoms with Gasteiger partial charge in [-0.15, -0.1) is 0 Å². The van der Waals surface area contributed by atoms with Crippen LogP contribution >= 0.6 is 0 Å². The molecule has 0 aromatic carbocycles. The van der Waals surface area contributed by atoms with E-state index in [9.17, 15) is 9.59 Å². The summed E-state index contributed by atoms with van der Waals surface area (Å²) in [5, 5.41) is 2.73. The van der Waals surface area contributed by atoms with E-state index in [4.69, 9.17) is 4.74 Å². The topological polar surface area (TPSA) is 55.4 Å². The number of Topliss-reactive ketones (excluding diaryl/α,β-unsaturated/α-hetero) is 1. The van der Waals surface area contributed by atoms with Gasteiger partial charge in [-0.3, -0.25) is 4.79 Å². The van der Waals surface area contributed by atoms with E-state index in [-0.39, 0.29) is 17.1 Å². The molecule has 4 heteroatoms. The molecule has 88 valence electrons. The maximum absolute atomic E-state index is 11.4. The highest BCUT2D eigenvalue weighted by molar-refractivity contribution is 5.80. The molecule has 1 N–H and O–H groups in total. The first-order chi connectivity index (χ1) is 6.93. The van der Waals surface area contributed by atoms with Crippen molar-refractivity contribution in [1.29, 1.82) is 0 Å². The van der Waals surface area contributed by atoms with Crippen LogP contribution < -0.4 is 5.32 Å². The summed E-state index contributed by atoms with van der Waals surface area (Å²) in [6, 6.07) is 0. The Morgan fingerprint density at radius 2 is 1.93 bits per heavy atom. The van der Waals surface area contributed by atoms with Crippen LogP contribution in [-0.4, -0.2) is 32.0 Å². The molecule has 0 aliphatic heterocycles. The Morgan fingerprint density at radius 3 is 2.33 bits per heavy atom. The second kappa shape index (κ2) is 6.56. The Labute approximate surface area is 91.4 Å². The van der Waals surface area contributed by atoms with Crippen molar-refractivity contribution in [3.05, 3.63) is 0 Å². The maximum atomic E-state index is 11.4. The van der Waals surface area contributed by atoms with Crippen LogP contribution in [0.2, 0.25) is 0 Å². The molecule has 0 saturated carbocycles. The smallest absolute Gasteiger partial charge is 0.220 e. The first-order valence-corrected chi connectivity index (χ1v) is 5.18. The minimum absolute atomic E-state index is 0.0294. The number of carbonyl (C=O) groups excluding carboxylic acids is 2. The minimum Gasteiger partial charge on any atom is -0.384 e. The van der Waals surface area contributed by atoms with Crippen molar-refractivity contribution < 1.29 is 14.3 Å². The van der Waals surface area contributed by atoms with E-state index in [0.717, 1.165) is 0 Å². The quantitative estimate of drug-likeness (QED) is 0.693. The molecule has 4 nitrogen and oxygen atoms in total. The van der Waals surface area contributed by atoms with Gasteiger partial charge in [-0.1, -0.05) is 6.92 Å². The van der Waals surface area contributed by atoms with Gasteiger partial charge in [0.2, 0.25) is 5.91 Å². The highest BCUT2D eigenvalue weighted by atomic mass is 16.5. The van der Waals surface area contributed by atoms with Crippen molar-refractivity contribution in [2.24, 2.45) is 5.41 Å². The van der Waals surface area contributed by atoms with E-state index in [1.165, 1.54) is 6.92 Å². The summed E-state index contributed by atoms with van der Waals surface area (Å²) in [7, 11) is 1.58. The fraction of sp³-hybridized carbons (Fsp3) is 0.818. The van der Waals surface area contributed by atoms with Crippen LogP contribution in [0.1, 0.15) is 33.6 Å². The van der Waals surface area contributed by atoms with Gasteiger partial charge < -0.3 is 14.8 Å². The summed E-state index contributed by atoms with van der Waals surface area (Å²) in [4.78, 5) is 22.5. The van der Waals surface area contributed by atoms with Gasteiger partial charge in [-0.25, -0.2) is 0 Å². The van der Waals surface area contributed by atoms with Gasteiger partial charge in [-0.2, -0.15) is 0 Å².